The maximum absolute atomic E-state index is 5.89. The molecular formula is C16H23ClN2. The molecule has 1 aliphatic heterocycles. The summed E-state index contributed by atoms with van der Waals surface area (Å²) in [7, 11) is 0. The molecule has 104 valence electrons. The molecule has 3 rings (SSSR count). The SMILES string of the molecule is Cc1cc(CCl)cnc1N1CCCC1C1CCCC1. The highest BCUT2D eigenvalue weighted by Crippen LogP contribution is 2.38. The predicted molar refractivity (Wildman–Crippen MR) is 80.9 cm³/mol. The van der Waals surface area contributed by atoms with Gasteiger partial charge < -0.3 is 4.90 Å². The first-order valence-corrected chi connectivity index (χ1v) is 8.11. The van der Waals surface area contributed by atoms with Crippen LogP contribution in [0.4, 0.5) is 5.82 Å². The van der Waals surface area contributed by atoms with Crippen LogP contribution in [0.3, 0.4) is 0 Å². The number of rotatable bonds is 3. The van der Waals surface area contributed by atoms with Crippen LogP contribution in [0.5, 0.6) is 0 Å². The third kappa shape index (κ3) is 2.60. The predicted octanol–water partition coefficient (Wildman–Crippen LogP) is 4.29. The second-order valence-corrected chi connectivity index (χ2v) is 6.33. The van der Waals surface area contributed by atoms with Gasteiger partial charge in [0, 0.05) is 24.7 Å². The molecule has 2 fully saturated rings. The van der Waals surface area contributed by atoms with Crippen LogP contribution in [0, 0.1) is 12.8 Å². The lowest BCUT2D eigenvalue weighted by atomic mass is 9.96. The summed E-state index contributed by atoms with van der Waals surface area (Å²) in [5.41, 5.74) is 2.41. The van der Waals surface area contributed by atoms with E-state index in [0.717, 1.165) is 17.5 Å². The third-order valence-electron chi connectivity index (χ3n) is 4.78. The normalized spacial score (nSPS) is 24.3. The van der Waals surface area contributed by atoms with Gasteiger partial charge >= 0.3 is 0 Å². The Morgan fingerprint density at radius 3 is 2.74 bits per heavy atom. The van der Waals surface area contributed by atoms with Crippen molar-refractivity contribution in [3.63, 3.8) is 0 Å². The van der Waals surface area contributed by atoms with Gasteiger partial charge in [0.15, 0.2) is 0 Å². The zero-order chi connectivity index (χ0) is 13.2. The Balaban J connectivity index is 1.83. The fraction of sp³-hybridized carbons (Fsp3) is 0.688. The van der Waals surface area contributed by atoms with Crippen LogP contribution in [-0.2, 0) is 5.88 Å². The third-order valence-corrected chi connectivity index (χ3v) is 5.09. The Kier molecular flexibility index (Phi) is 3.97. The molecule has 1 atom stereocenters. The number of hydrogen-bond donors (Lipinski definition) is 0. The highest BCUT2D eigenvalue weighted by atomic mass is 35.5. The first-order chi connectivity index (χ1) is 9.29. The van der Waals surface area contributed by atoms with Crippen molar-refractivity contribution in [2.75, 3.05) is 11.4 Å². The lowest BCUT2D eigenvalue weighted by molar-refractivity contribution is 0.429. The smallest absolute Gasteiger partial charge is 0.131 e. The number of hydrogen-bond acceptors (Lipinski definition) is 2. The Morgan fingerprint density at radius 2 is 2.05 bits per heavy atom. The van der Waals surface area contributed by atoms with E-state index < -0.39 is 0 Å². The van der Waals surface area contributed by atoms with Crippen molar-refractivity contribution in [3.05, 3.63) is 23.4 Å². The summed E-state index contributed by atoms with van der Waals surface area (Å²) in [5.74, 6) is 2.65. The quantitative estimate of drug-likeness (QED) is 0.767. The average molecular weight is 279 g/mol. The van der Waals surface area contributed by atoms with Crippen LogP contribution in [0.2, 0.25) is 0 Å². The number of alkyl halides is 1. The van der Waals surface area contributed by atoms with Crippen LogP contribution in [0.1, 0.15) is 49.7 Å². The van der Waals surface area contributed by atoms with Gasteiger partial charge in [-0.2, -0.15) is 0 Å². The van der Waals surface area contributed by atoms with Crippen LogP contribution in [0.25, 0.3) is 0 Å². The number of aromatic nitrogens is 1. The van der Waals surface area contributed by atoms with Crippen molar-refractivity contribution >= 4 is 17.4 Å². The van der Waals surface area contributed by atoms with E-state index >= 15 is 0 Å². The number of pyridine rings is 1. The number of aryl methyl sites for hydroxylation is 1. The summed E-state index contributed by atoms with van der Waals surface area (Å²) in [6.45, 7) is 3.34. The minimum atomic E-state index is 0.556. The fourth-order valence-electron chi connectivity index (χ4n) is 3.89. The van der Waals surface area contributed by atoms with E-state index in [-0.39, 0.29) is 0 Å². The molecule has 0 N–H and O–H groups in total. The van der Waals surface area contributed by atoms with Gasteiger partial charge in [-0.05, 0) is 55.7 Å². The Hall–Kier alpha value is -0.760. The zero-order valence-electron chi connectivity index (χ0n) is 11.7. The second kappa shape index (κ2) is 5.70. The number of anilines is 1. The van der Waals surface area contributed by atoms with E-state index in [1.807, 2.05) is 6.20 Å². The molecule has 1 unspecified atom stereocenters. The van der Waals surface area contributed by atoms with Gasteiger partial charge in [-0.3, -0.25) is 0 Å². The van der Waals surface area contributed by atoms with E-state index in [9.17, 15) is 0 Å². The van der Waals surface area contributed by atoms with Gasteiger partial charge in [-0.25, -0.2) is 4.98 Å². The van der Waals surface area contributed by atoms with Crippen molar-refractivity contribution in [2.45, 2.75) is 57.4 Å². The molecule has 0 radical (unpaired) electrons. The summed E-state index contributed by atoms with van der Waals surface area (Å²) in [6.07, 6.45) is 10.3. The van der Waals surface area contributed by atoms with Crippen molar-refractivity contribution in [3.8, 4) is 0 Å². The minimum Gasteiger partial charge on any atom is -0.353 e. The summed E-state index contributed by atoms with van der Waals surface area (Å²) in [4.78, 5) is 7.27. The lowest BCUT2D eigenvalue weighted by Crippen LogP contribution is -2.35. The maximum atomic E-state index is 5.89. The lowest BCUT2D eigenvalue weighted by Gasteiger charge is -2.31. The first kappa shape index (κ1) is 13.2. The minimum absolute atomic E-state index is 0.556. The molecule has 1 saturated heterocycles. The van der Waals surface area contributed by atoms with Gasteiger partial charge in [-0.1, -0.05) is 12.8 Å². The second-order valence-electron chi connectivity index (χ2n) is 6.07. The molecule has 2 nitrogen and oxygen atoms in total. The molecule has 1 aliphatic carbocycles. The van der Waals surface area contributed by atoms with E-state index in [1.54, 1.807) is 0 Å². The van der Waals surface area contributed by atoms with Gasteiger partial charge in [0.25, 0.3) is 0 Å². The largest absolute Gasteiger partial charge is 0.353 e. The highest BCUT2D eigenvalue weighted by molar-refractivity contribution is 6.17. The average Bonchev–Trinajstić information content (AvgIpc) is 3.08. The summed E-state index contributed by atoms with van der Waals surface area (Å²) < 4.78 is 0. The Morgan fingerprint density at radius 1 is 1.26 bits per heavy atom. The highest BCUT2D eigenvalue weighted by Gasteiger charge is 2.34. The number of nitrogens with zero attached hydrogens (tertiary/aromatic N) is 2. The van der Waals surface area contributed by atoms with Gasteiger partial charge in [0.05, 0.1) is 0 Å². The first-order valence-electron chi connectivity index (χ1n) is 7.57. The molecule has 2 heterocycles. The number of halogens is 1. The van der Waals surface area contributed by atoms with Crippen molar-refractivity contribution in [2.24, 2.45) is 5.92 Å². The summed E-state index contributed by atoms with van der Waals surface area (Å²) >= 11 is 5.89. The van der Waals surface area contributed by atoms with Crippen LogP contribution in [-0.4, -0.2) is 17.6 Å². The molecule has 0 spiro atoms. The Labute approximate surface area is 121 Å². The molecule has 1 saturated carbocycles. The van der Waals surface area contributed by atoms with Gasteiger partial charge in [0.2, 0.25) is 0 Å². The van der Waals surface area contributed by atoms with Crippen LogP contribution in [0.15, 0.2) is 12.3 Å². The van der Waals surface area contributed by atoms with Crippen LogP contribution < -0.4 is 4.90 Å². The molecule has 2 aliphatic rings. The Bertz CT molecular complexity index is 440. The molecule has 1 aromatic rings. The zero-order valence-corrected chi connectivity index (χ0v) is 12.5. The maximum Gasteiger partial charge on any atom is 0.131 e. The van der Waals surface area contributed by atoms with Crippen molar-refractivity contribution in [1.29, 1.82) is 0 Å². The van der Waals surface area contributed by atoms with E-state index in [4.69, 9.17) is 16.6 Å². The molecule has 0 bridgehead atoms. The fourth-order valence-corrected chi connectivity index (χ4v) is 4.03. The monoisotopic (exact) mass is 278 g/mol. The standard InChI is InChI=1S/C16H23ClN2/c1-12-9-13(10-17)11-18-16(12)19-8-4-7-15(19)14-5-2-3-6-14/h9,11,14-15H,2-8,10H2,1H3. The van der Waals surface area contributed by atoms with E-state index in [2.05, 4.69) is 17.9 Å². The summed E-state index contributed by atoms with van der Waals surface area (Å²) in [6, 6.07) is 2.93. The molecule has 19 heavy (non-hydrogen) atoms. The van der Waals surface area contributed by atoms with E-state index in [0.29, 0.717) is 5.88 Å². The van der Waals surface area contributed by atoms with Gasteiger partial charge in [-0.15, -0.1) is 11.6 Å². The van der Waals surface area contributed by atoms with Gasteiger partial charge in [0.1, 0.15) is 5.82 Å². The summed E-state index contributed by atoms with van der Waals surface area (Å²) in [5, 5.41) is 0. The molecule has 0 amide bonds. The molecule has 0 aromatic carbocycles. The molecule has 1 aromatic heterocycles. The molecular weight excluding hydrogens is 256 g/mol. The van der Waals surface area contributed by atoms with Crippen molar-refractivity contribution < 1.29 is 0 Å². The van der Waals surface area contributed by atoms with Crippen molar-refractivity contribution in [1.82, 2.24) is 4.98 Å². The van der Waals surface area contributed by atoms with E-state index in [1.165, 1.54) is 56.5 Å². The topological polar surface area (TPSA) is 16.1 Å². The molecule has 3 heteroatoms. The van der Waals surface area contributed by atoms with Crippen LogP contribution >= 0.6 is 11.6 Å².